The molecule has 0 saturated heterocycles. The highest BCUT2D eigenvalue weighted by Gasteiger charge is 2.24. The number of aliphatic hydroxyl groups is 1. The van der Waals surface area contributed by atoms with Gasteiger partial charge in [0.2, 0.25) is 5.91 Å². The van der Waals surface area contributed by atoms with Gasteiger partial charge < -0.3 is 10.4 Å². The van der Waals surface area contributed by atoms with Crippen LogP contribution in [0.3, 0.4) is 0 Å². The van der Waals surface area contributed by atoms with Gasteiger partial charge in [-0.25, -0.2) is 8.78 Å². The minimum Gasteiger partial charge on any atom is -0.396 e. The number of carbonyl (C=O) groups is 1. The van der Waals surface area contributed by atoms with E-state index < -0.39 is 17.5 Å². The van der Waals surface area contributed by atoms with Crippen LogP contribution >= 0.6 is 0 Å². The lowest BCUT2D eigenvalue weighted by molar-refractivity contribution is -0.117. The molecule has 0 bridgehead atoms. The maximum atomic E-state index is 13.9. The molecule has 156 valence electrons. The number of aliphatic hydroxyl groups excluding tert-OH is 1. The number of halogens is 2. The number of rotatable bonds is 9. The Hall–Kier alpha value is -3.09. The third-order valence-electron chi connectivity index (χ3n) is 4.75. The van der Waals surface area contributed by atoms with E-state index in [0.717, 1.165) is 23.3 Å². The molecule has 6 heteroatoms. The number of carbonyl (C=O) groups excluding carboxylic acids is 1. The molecular formula is C24H24F2N2O2. The second-order valence-corrected chi connectivity index (χ2v) is 6.94. The summed E-state index contributed by atoms with van der Waals surface area (Å²) in [6, 6.07) is 22.3. The normalized spacial score (nSPS) is 11.1. The van der Waals surface area contributed by atoms with Crippen molar-refractivity contribution in [3.05, 3.63) is 102 Å². The molecular weight excluding hydrogens is 386 g/mol. The zero-order valence-electron chi connectivity index (χ0n) is 16.5. The van der Waals surface area contributed by atoms with Crippen molar-refractivity contribution in [1.29, 1.82) is 0 Å². The monoisotopic (exact) mass is 410 g/mol. The zero-order valence-corrected chi connectivity index (χ0v) is 16.5. The van der Waals surface area contributed by atoms with Crippen molar-refractivity contribution in [3.63, 3.8) is 0 Å². The van der Waals surface area contributed by atoms with E-state index in [0.29, 0.717) is 13.0 Å². The lowest BCUT2D eigenvalue weighted by atomic mass is 9.96. The van der Waals surface area contributed by atoms with Gasteiger partial charge in [-0.2, -0.15) is 0 Å². The summed E-state index contributed by atoms with van der Waals surface area (Å²) in [5.74, 6) is -1.95. The molecule has 4 nitrogen and oxygen atoms in total. The third-order valence-corrected chi connectivity index (χ3v) is 4.75. The number of hydrogen-bond acceptors (Lipinski definition) is 3. The number of hydrogen-bond donors (Lipinski definition) is 2. The largest absolute Gasteiger partial charge is 0.396 e. The van der Waals surface area contributed by atoms with Crippen LogP contribution in [0.2, 0.25) is 0 Å². The first kappa shape index (κ1) is 21.6. The third kappa shape index (κ3) is 5.72. The minimum atomic E-state index is -0.826. The number of anilines is 1. The van der Waals surface area contributed by atoms with Crippen LogP contribution in [0.5, 0.6) is 0 Å². The molecule has 2 N–H and O–H groups in total. The van der Waals surface area contributed by atoms with Gasteiger partial charge in [0.05, 0.1) is 18.3 Å². The lowest BCUT2D eigenvalue weighted by Crippen LogP contribution is -2.38. The minimum absolute atomic E-state index is 0.0129. The quantitative estimate of drug-likeness (QED) is 0.551. The average molecular weight is 410 g/mol. The summed E-state index contributed by atoms with van der Waals surface area (Å²) >= 11 is 0. The predicted octanol–water partition coefficient (Wildman–Crippen LogP) is 4.38. The molecule has 0 aliphatic heterocycles. The molecule has 0 aromatic heterocycles. The summed E-state index contributed by atoms with van der Waals surface area (Å²) in [5.41, 5.74) is 1.93. The van der Waals surface area contributed by atoms with Crippen molar-refractivity contribution in [1.82, 2.24) is 4.90 Å². The molecule has 0 unspecified atom stereocenters. The summed E-state index contributed by atoms with van der Waals surface area (Å²) < 4.78 is 27.1. The first-order valence-corrected chi connectivity index (χ1v) is 9.78. The zero-order chi connectivity index (χ0) is 21.3. The van der Waals surface area contributed by atoms with E-state index in [9.17, 15) is 18.7 Å². The number of nitrogens with zero attached hydrogens (tertiary/aromatic N) is 1. The molecule has 3 rings (SSSR count). The van der Waals surface area contributed by atoms with Crippen LogP contribution in [0.1, 0.15) is 23.6 Å². The second kappa shape index (κ2) is 10.6. The van der Waals surface area contributed by atoms with Gasteiger partial charge in [-0.15, -0.1) is 0 Å². The molecule has 0 atom stereocenters. The van der Waals surface area contributed by atoms with Crippen LogP contribution in [0.4, 0.5) is 14.5 Å². The van der Waals surface area contributed by atoms with Crippen LogP contribution < -0.4 is 5.32 Å². The maximum absolute atomic E-state index is 13.9. The number of benzene rings is 3. The van der Waals surface area contributed by atoms with E-state index in [-0.39, 0.29) is 24.9 Å². The number of amides is 1. The van der Waals surface area contributed by atoms with Crippen LogP contribution in [-0.2, 0) is 4.79 Å². The molecule has 0 fully saturated rings. The van der Waals surface area contributed by atoms with Crippen molar-refractivity contribution < 1.29 is 18.7 Å². The van der Waals surface area contributed by atoms with E-state index in [1.165, 1.54) is 6.07 Å². The first-order chi connectivity index (χ1) is 14.6. The van der Waals surface area contributed by atoms with E-state index in [4.69, 9.17) is 0 Å². The Morgan fingerprint density at radius 3 is 2.07 bits per heavy atom. The molecule has 0 aliphatic carbocycles. The SMILES string of the molecule is O=C(CN(CCCO)C(c1ccccc1)c1ccccc1)Nc1ccc(F)cc1F. The Labute approximate surface area is 174 Å². The standard InChI is InChI=1S/C24H24F2N2O2/c25-20-12-13-22(21(26)16-20)27-23(30)17-28(14-7-15-29)24(18-8-3-1-4-9-18)19-10-5-2-6-11-19/h1-6,8-13,16,24,29H,7,14-15,17H2,(H,27,30). The second-order valence-electron chi connectivity index (χ2n) is 6.94. The van der Waals surface area contributed by atoms with Crippen LogP contribution in [0.25, 0.3) is 0 Å². The van der Waals surface area contributed by atoms with Crippen molar-refractivity contribution in [2.75, 3.05) is 25.0 Å². The molecule has 3 aromatic rings. The van der Waals surface area contributed by atoms with E-state index in [1.54, 1.807) is 0 Å². The van der Waals surface area contributed by atoms with Crippen LogP contribution in [0.15, 0.2) is 78.9 Å². The van der Waals surface area contributed by atoms with Crippen molar-refractivity contribution in [2.24, 2.45) is 0 Å². The summed E-state index contributed by atoms with van der Waals surface area (Å²) in [6.45, 7) is 0.427. The lowest BCUT2D eigenvalue weighted by Gasteiger charge is -2.32. The first-order valence-electron chi connectivity index (χ1n) is 9.78. The van der Waals surface area contributed by atoms with Gasteiger partial charge in [0, 0.05) is 19.2 Å². The van der Waals surface area contributed by atoms with Gasteiger partial charge in [0.25, 0.3) is 0 Å². The average Bonchev–Trinajstić information content (AvgIpc) is 2.75. The Morgan fingerprint density at radius 2 is 1.53 bits per heavy atom. The highest BCUT2D eigenvalue weighted by atomic mass is 19.1. The fourth-order valence-corrected chi connectivity index (χ4v) is 3.42. The topological polar surface area (TPSA) is 52.6 Å². The Morgan fingerprint density at radius 1 is 0.933 bits per heavy atom. The molecule has 0 aliphatic rings. The highest BCUT2D eigenvalue weighted by molar-refractivity contribution is 5.92. The van der Waals surface area contributed by atoms with E-state index in [2.05, 4.69) is 5.32 Å². The predicted molar refractivity (Wildman–Crippen MR) is 113 cm³/mol. The molecule has 3 aromatic carbocycles. The van der Waals surface area contributed by atoms with Crippen molar-refractivity contribution >= 4 is 11.6 Å². The molecule has 1 amide bonds. The van der Waals surface area contributed by atoms with Crippen LogP contribution in [-0.4, -0.2) is 35.6 Å². The molecule has 0 spiro atoms. The Balaban J connectivity index is 1.87. The van der Waals surface area contributed by atoms with E-state index in [1.807, 2.05) is 65.6 Å². The summed E-state index contributed by atoms with van der Waals surface area (Å²) in [4.78, 5) is 14.7. The van der Waals surface area contributed by atoms with Crippen molar-refractivity contribution in [2.45, 2.75) is 12.5 Å². The Bertz CT molecular complexity index is 912. The molecule has 0 radical (unpaired) electrons. The summed E-state index contributed by atoms with van der Waals surface area (Å²) in [6.07, 6.45) is 0.481. The van der Waals surface area contributed by atoms with Crippen LogP contribution in [0, 0.1) is 11.6 Å². The molecule has 0 heterocycles. The smallest absolute Gasteiger partial charge is 0.238 e. The molecule has 0 saturated carbocycles. The Kier molecular flexibility index (Phi) is 7.65. The molecule has 30 heavy (non-hydrogen) atoms. The summed E-state index contributed by atoms with van der Waals surface area (Å²) in [5, 5.41) is 11.9. The van der Waals surface area contributed by atoms with Gasteiger partial charge in [-0.3, -0.25) is 9.69 Å². The highest BCUT2D eigenvalue weighted by Crippen LogP contribution is 2.29. The fourth-order valence-electron chi connectivity index (χ4n) is 3.42. The fraction of sp³-hybridized carbons (Fsp3) is 0.208. The van der Waals surface area contributed by atoms with Gasteiger partial charge in [0.1, 0.15) is 11.6 Å². The van der Waals surface area contributed by atoms with Gasteiger partial charge in [-0.1, -0.05) is 60.7 Å². The number of nitrogens with one attached hydrogen (secondary N) is 1. The van der Waals surface area contributed by atoms with Gasteiger partial charge in [-0.05, 0) is 29.7 Å². The maximum Gasteiger partial charge on any atom is 0.238 e. The van der Waals surface area contributed by atoms with Gasteiger partial charge in [0.15, 0.2) is 0 Å². The van der Waals surface area contributed by atoms with E-state index >= 15 is 0 Å². The van der Waals surface area contributed by atoms with Crippen molar-refractivity contribution in [3.8, 4) is 0 Å². The summed E-state index contributed by atoms with van der Waals surface area (Å²) in [7, 11) is 0. The van der Waals surface area contributed by atoms with Gasteiger partial charge >= 0.3 is 0 Å².